The molecule has 0 radical (unpaired) electrons. The van der Waals surface area contributed by atoms with Crippen LogP contribution in [-0.2, 0) is 5.75 Å². The highest BCUT2D eigenvalue weighted by atomic mass is 35.5. The van der Waals surface area contributed by atoms with E-state index in [2.05, 4.69) is 9.36 Å². The van der Waals surface area contributed by atoms with Crippen molar-refractivity contribution in [2.75, 3.05) is 0 Å². The summed E-state index contributed by atoms with van der Waals surface area (Å²) in [6.07, 6.45) is 0. The lowest BCUT2D eigenvalue weighted by atomic mass is 10.2. The van der Waals surface area contributed by atoms with Crippen LogP contribution in [0.1, 0.15) is 5.56 Å². The molecule has 0 saturated carbocycles. The standard InChI is InChI=1S/C9H6ClN3O2S2/c10-8-11-9(12-17-8)16-5-6-2-1-3-7(4-6)13(14)15/h1-4H,5H2. The van der Waals surface area contributed by atoms with Crippen LogP contribution >= 0.6 is 34.9 Å². The molecule has 0 atom stereocenters. The highest BCUT2D eigenvalue weighted by Crippen LogP contribution is 2.24. The highest BCUT2D eigenvalue weighted by Gasteiger charge is 2.07. The molecule has 0 spiro atoms. The molecule has 1 aromatic heterocycles. The third-order valence-electron chi connectivity index (χ3n) is 1.87. The van der Waals surface area contributed by atoms with E-state index in [1.165, 1.54) is 17.8 Å². The first-order chi connectivity index (χ1) is 8.15. The quantitative estimate of drug-likeness (QED) is 0.490. The molecule has 0 fully saturated rings. The Morgan fingerprint density at radius 1 is 1.53 bits per heavy atom. The minimum absolute atomic E-state index is 0.0902. The summed E-state index contributed by atoms with van der Waals surface area (Å²) >= 11 is 8.17. The number of thioether (sulfide) groups is 1. The molecule has 0 aliphatic carbocycles. The van der Waals surface area contributed by atoms with Crippen LogP contribution in [0.25, 0.3) is 0 Å². The minimum Gasteiger partial charge on any atom is -0.258 e. The van der Waals surface area contributed by atoms with Gasteiger partial charge in [0, 0.05) is 17.9 Å². The lowest BCUT2D eigenvalue weighted by molar-refractivity contribution is -0.384. The van der Waals surface area contributed by atoms with Crippen LogP contribution < -0.4 is 0 Å². The number of hydrogen-bond acceptors (Lipinski definition) is 6. The van der Waals surface area contributed by atoms with Crippen LogP contribution in [0.4, 0.5) is 5.69 Å². The molecule has 0 unspecified atom stereocenters. The predicted molar refractivity (Wildman–Crippen MR) is 67.6 cm³/mol. The van der Waals surface area contributed by atoms with E-state index in [0.717, 1.165) is 17.1 Å². The summed E-state index contributed by atoms with van der Waals surface area (Å²) in [7, 11) is 0. The van der Waals surface area contributed by atoms with E-state index in [9.17, 15) is 10.1 Å². The number of aromatic nitrogens is 2. The Hall–Kier alpha value is -1.18. The molecule has 0 N–H and O–H groups in total. The van der Waals surface area contributed by atoms with Crippen molar-refractivity contribution in [1.29, 1.82) is 0 Å². The molecular formula is C9H6ClN3O2S2. The van der Waals surface area contributed by atoms with Crippen molar-refractivity contribution in [3.8, 4) is 0 Å². The van der Waals surface area contributed by atoms with E-state index < -0.39 is 4.92 Å². The summed E-state index contributed by atoms with van der Waals surface area (Å²) in [5.41, 5.74) is 0.947. The maximum atomic E-state index is 10.6. The summed E-state index contributed by atoms with van der Waals surface area (Å²) < 4.78 is 4.41. The Morgan fingerprint density at radius 3 is 3.00 bits per heavy atom. The second kappa shape index (κ2) is 5.44. The molecule has 0 bridgehead atoms. The van der Waals surface area contributed by atoms with Crippen LogP contribution in [0.2, 0.25) is 4.47 Å². The molecule has 8 heteroatoms. The number of nitro benzene ring substituents is 1. The average molecular weight is 288 g/mol. The minimum atomic E-state index is -0.411. The van der Waals surface area contributed by atoms with Crippen molar-refractivity contribution in [1.82, 2.24) is 9.36 Å². The second-order valence-electron chi connectivity index (χ2n) is 3.05. The first-order valence-corrected chi connectivity index (χ1v) is 6.64. The number of nitro groups is 1. The van der Waals surface area contributed by atoms with Crippen molar-refractivity contribution in [2.24, 2.45) is 0 Å². The Morgan fingerprint density at radius 2 is 2.35 bits per heavy atom. The molecule has 5 nitrogen and oxygen atoms in total. The summed E-state index contributed by atoms with van der Waals surface area (Å²) in [6, 6.07) is 6.50. The fourth-order valence-electron chi connectivity index (χ4n) is 1.16. The van der Waals surface area contributed by atoms with Gasteiger partial charge in [0.05, 0.1) is 4.92 Å². The molecule has 0 amide bonds. The van der Waals surface area contributed by atoms with Crippen LogP contribution in [0.3, 0.4) is 0 Å². The number of benzene rings is 1. The number of rotatable bonds is 4. The van der Waals surface area contributed by atoms with Crippen LogP contribution in [0.15, 0.2) is 29.4 Å². The zero-order valence-electron chi connectivity index (χ0n) is 8.37. The lowest BCUT2D eigenvalue weighted by Gasteiger charge is -1.98. The average Bonchev–Trinajstić information content (AvgIpc) is 2.73. The first-order valence-electron chi connectivity index (χ1n) is 4.50. The van der Waals surface area contributed by atoms with Gasteiger partial charge in [0.2, 0.25) is 9.62 Å². The van der Waals surface area contributed by atoms with Crippen LogP contribution in [0, 0.1) is 10.1 Å². The van der Waals surface area contributed by atoms with Gasteiger partial charge >= 0.3 is 0 Å². The Labute approximate surface area is 110 Å². The van der Waals surface area contributed by atoms with Crippen molar-refractivity contribution in [3.05, 3.63) is 44.4 Å². The molecule has 88 valence electrons. The lowest BCUT2D eigenvalue weighted by Crippen LogP contribution is -1.89. The second-order valence-corrected chi connectivity index (χ2v) is 5.32. The third kappa shape index (κ3) is 3.39. The van der Waals surface area contributed by atoms with Gasteiger partial charge in [-0.3, -0.25) is 10.1 Å². The highest BCUT2D eigenvalue weighted by molar-refractivity contribution is 7.98. The van der Waals surface area contributed by atoms with E-state index in [0.29, 0.717) is 15.4 Å². The molecule has 1 heterocycles. The van der Waals surface area contributed by atoms with Gasteiger partial charge in [-0.2, -0.15) is 9.36 Å². The molecule has 0 aliphatic rings. The number of hydrogen-bond donors (Lipinski definition) is 0. The smallest absolute Gasteiger partial charge is 0.258 e. The molecule has 17 heavy (non-hydrogen) atoms. The van der Waals surface area contributed by atoms with Gasteiger partial charge in [-0.15, -0.1) is 0 Å². The molecular weight excluding hydrogens is 282 g/mol. The van der Waals surface area contributed by atoms with Crippen molar-refractivity contribution < 1.29 is 4.92 Å². The Bertz CT molecular complexity index is 547. The molecule has 1 aromatic carbocycles. The molecule has 2 rings (SSSR count). The topological polar surface area (TPSA) is 68.9 Å². The van der Waals surface area contributed by atoms with Gasteiger partial charge in [0.15, 0.2) is 0 Å². The van der Waals surface area contributed by atoms with Crippen molar-refractivity contribution in [2.45, 2.75) is 10.9 Å². The van der Waals surface area contributed by atoms with Crippen molar-refractivity contribution >= 4 is 40.6 Å². The van der Waals surface area contributed by atoms with Gasteiger partial charge in [0.1, 0.15) is 0 Å². The van der Waals surface area contributed by atoms with Gasteiger partial charge in [-0.1, -0.05) is 23.9 Å². The molecule has 2 aromatic rings. The Balaban J connectivity index is 2.04. The molecule has 0 saturated heterocycles. The van der Waals surface area contributed by atoms with Crippen LogP contribution in [0.5, 0.6) is 0 Å². The number of non-ortho nitro benzene ring substituents is 1. The van der Waals surface area contributed by atoms with E-state index in [1.54, 1.807) is 12.1 Å². The zero-order chi connectivity index (χ0) is 12.3. The predicted octanol–water partition coefficient (Wildman–Crippen LogP) is 3.39. The third-order valence-corrected chi connectivity index (χ3v) is 3.70. The summed E-state index contributed by atoms with van der Waals surface area (Å²) in [6.45, 7) is 0. The fourth-order valence-corrected chi connectivity index (χ4v) is 2.73. The van der Waals surface area contributed by atoms with Crippen LogP contribution in [-0.4, -0.2) is 14.3 Å². The first kappa shape index (κ1) is 12.3. The number of nitrogens with zero attached hydrogens (tertiary/aromatic N) is 3. The van der Waals surface area contributed by atoms with Gasteiger partial charge in [-0.25, -0.2) is 0 Å². The SMILES string of the molecule is O=[N+]([O-])c1cccc(CSc2nsc(Cl)n2)c1. The maximum absolute atomic E-state index is 10.6. The summed E-state index contributed by atoms with van der Waals surface area (Å²) in [5, 5.41) is 11.2. The van der Waals surface area contributed by atoms with E-state index in [4.69, 9.17) is 11.6 Å². The fraction of sp³-hybridized carbons (Fsp3) is 0.111. The zero-order valence-corrected chi connectivity index (χ0v) is 10.8. The largest absolute Gasteiger partial charge is 0.269 e. The normalized spacial score (nSPS) is 10.4. The van der Waals surface area contributed by atoms with Gasteiger partial charge in [0.25, 0.3) is 5.69 Å². The summed E-state index contributed by atoms with van der Waals surface area (Å²) in [5.74, 6) is 0.578. The Kier molecular flexibility index (Phi) is 3.93. The van der Waals surface area contributed by atoms with E-state index >= 15 is 0 Å². The van der Waals surface area contributed by atoms with E-state index in [-0.39, 0.29) is 5.69 Å². The van der Waals surface area contributed by atoms with Gasteiger partial charge in [-0.05, 0) is 28.7 Å². The molecule has 0 aliphatic heterocycles. The number of halogens is 1. The summed E-state index contributed by atoms with van der Waals surface area (Å²) in [4.78, 5) is 14.2. The van der Waals surface area contributed by atoms with Crippen molar-refractivity contribution in [3.63, 3.8) is 0 Å². The monoisotopic (exact) mass is 287 g/mol. The van der Waals surface area contributed by atoms with E-state index in [1.807, 2.05) is 6.07 Å². The van der Waals surface area contributed by atoms with Gasteiger partial charge < -0.3 is 0 Å². The maximum Gasteiger partial charge on any atom is 0.269 e.